The molecule has 0 radical (unpaired) electrons. The lowest BCUT2D eigenvalue weighted by molar-refractivity contribution is 0.262. The van der Waals surface area contributed by atoms with Gasteiger partial charge in [-0.1, -0.05) is 19.1 Å². The normalized spacial score (nSPS) is 30.4. The van der Waals surface area contributed by atoms with Gasteiger partial charge in [-0.2, -0.15) is 0 Å². The predicted molar refractivity (Wildman–Crippen MR) is 57.7 cm³/mol. The summed E-state index contributed by atoms with van der Waals surface area (Å²) in [6.07, 6.45) is 1.37. The van der Waals surface area contributed by atoms with Crippen LogP contribution in [0.25, 0.3) is 0 Å². The Morgan fingerprint density at radius 2 is 2.14 bits per heavy atom. The zero-order valence-electron chi connectivity index (χ0n) is 8.53. The van der Waals surface area contributed by atoms with Gasteiger partial charge in [0.05, 0.1) is 0 Å². The Bertz CT molecular complexity index is 373. The van der Waals surface area contributed by atoms with Crippen molar-refractivity contribution < 1.29 is 0 Å². The van der Waals surface area contributed by atoms with Crippen LogP contribution < -0.4 is 5.73 Å². The Labute approximate surface area is 84.7 Å². The van der Waals surface area contributed by atoms with Gasteiger partial charge in [0, 0.05) is 24.8 Å². The van der Waals surface area contributed by atoms with Gasteiger partial charge in [0.25, 0.3) is 0 Å². The van der Waals surface area contributed by atoms with E-state index < -0.39 is 0 Å². The molecular formula is C12H16N2. The fourth-order valence-corrected chi connectivity index (χ4v) is 2.52. The number of nitrogens with two attached hydrogens (primary N) is 1. The Balaban J connectivity index is 1.87. The molecule has 1 aliphatic heterocycles. The molecule has 1 heterocycles. The van der Waals surface area contributed by atoms with Crippen LogP contribution in [-0.4, -0.2) is 10.9 Å². The third kappa shape index (κ3) is 1.14. The van der Waals surface area contributed by atoms with E-state index in [-0.39, 0.29) is 0 Å². The van der Waals surface area contributed by atoms with Gasteiger partial charge < -0.3 is 5.73 Å². The fourth-order valence-electron chi connectivity index (χ4n) is 2.52. The average Bonchev–Trinajstić information content (AvgIpc) is 2.75. The van der Waals surface area contributed by atoms with Gasteiger partial charge in [-0.25, -0.2) is 0 Å². The standard InChI is InChI=1S/C12H16N2/c1-8-5-12(8)14-6-9-3-2-4-11(13)10(9)7-14/h2-4,8,12H,5-7,13H2,1H3. The second-order valence-electron chi connectivity index (χ2n) is 4.67. The van der Waals surface area contributed by atoms with Crippen LogP contribution in [0, 0.1) is 5.92 Å². The first-order chi connectivity index (χ1) is 6.75. The van der Waals surface area contributed by atoms with Crippen LogP contribution >= 0.6 is 0 Å². The van der Waals surface area contributed by atoms with E-state index in [0.29, 0.717) is 0 Å². The first kappa shape index (κ1) is 8.30. The molecular weight excluding hydrogens is 172 g/mol. The molecule has 3 rings (SSSR count). The maximum Gasteiger partial charge on any atom is 0.0363 e. The molecule has 2 nitrogen and oxygen atoms in total. The van der Waals surface area contributed by atoms with E-state index in [9.17, 15) is 0 Å². The summed E-state index contributed by atoms with van der Waals surface area (Å²) in [6.45, 7) is 4.50. The lowest BCUT2D eigenvalue weighted by Gasteiger charge is -2.13. The van der Waals surface area contributed by atoms with Crippen molar-refractivity contribution in [2.45, 2.75) is 32.5 Å². The number of benzene rings is 1. The molecule has 2 atom stereocenters. The smallest absolute Gasteiger partial charge is 0.0363 e. The molecule has 1 aliphatic carbocycles. The number of fused-ring (bicyclic) bond motifs is 1. The van der Waals surface area contributed by atoms with E-state index in [1.165, 1.54) is 17.5 Å². The van der Waals surface area contributed by atoms with Crippen molar-refractivity contribution in [3.63, 3.8) is 0 Å². The second-order valence-corrected chi connectivity index (χ2v) is 4.67. The molecule has 2 heteroatoms. The van der Waals surface area contributed by atoms with E-state index in [1.54, 1.807) is 0 Å². The molecule has 0 saturated heterocycles. The van der Waals surface area contributed by atoms with Crippen LogP contribution in [0.5, 0.6) is 0 Å². The van der Waals surface area contributed by atoms with Gasteiger partial charge in [0.1, 0.15) is 0 Å². The van der Waals surface area contributed by atoms with Crippen molar-refractivity contribution >= 4 is 5.69 Å². The summed E-state index contributed by atoms with van der Waals surface area (Å²) in [6, 6.07) is 7.10. The summed E-state index contributed by atoms with van der Waals surface area (Å²) < 4.78 is 0. The summed E-state index contributed by atoms with van der Waals surface area (Å²) >= 11 is 0. The van der Waals surface area contributed by atoms with Crippen LogP contribution in [-0.2, 0) is 13.1 Å². The minimum Gasteiger partial charge on any atom is -0.398 e. The summed E-state index contributed by atoms with van der Waals surface area (Å²) in [7, 11) is 0. The molecule has 0 spiro atoms. The van der Waals surface area contributed by atoms with Crippen LogP contribution in [0.2, 0.25) is 0 Å². The Kier molecular flexibility index (Phi) is 1.62. The number of hydrogen-bond donors (Lipinski definition) is 1. The van der Waals surface area contributed by atoms with Crippen molar-refractivity contribution in [1.82, 2.24) is 4.90 Å². The highest BCUT2D eigenvalue weighted by molar-refractivity contribution is 5.52. The van der Waals surface area contributed by atoms with Crippen LogP contribution in [0.1, 0.15) is 24.5 Å². The Morgan fingerprint density at radius 1 is 1.36 bits per heavy atom. The predicted octanol–water partition coefficient (Wildman–Crippen LogP) is 1.99. The van der Waals surface area contributed by atoms with E-state index in [2.05, 4.69) is 24.0 Å². The van der Waals surface area contributed by atoms with Gasteiger partial charge in [0.2, 0.25) is 0 Å². The lowest BCUT2D eigenvalue weighted by atomic mass is 10.1. The molecule has 0 bridgehead atoms. The van der Waals surface area contributed by atoms with Gasteiger partial charge in [-0.15, -0.1) is 0 Å². The third-order valence-electron chi connectivity index (χ3n) is 3.58. The summed E-state index contributed by atoms with van der Waals surface area (Å²) in [5.74, 6) is 0.894. The summed E-state index contributed by atoms with van der Waals surface area (Å²) in [5, 5.41) is 0. The van der Waals surface area contributed by atoms with E-state index in [0.717, 1.165) is 30.7 Å². The molecule has 2 aliphatic rings. The molecule has 2 unspecified atom stereocenters. The van der Waals surface area contributed by atoms with Gasteiger partial charge in [-0.05, 0) is 29.5 Å². The summed E-state index contributed by atoms with van der Waals surface area (Å²) in [5.41, 5.74) is 9.73. The molecule has 1 saturated carbocycles. The molecule has 1 aromatic rings. The fraction of sp³-hybridized carbons (Fsp3) is 0.500. The number of nitrogen functional groups attached to an aromatic ring is 1. The van der Waals surface area contributed by atoms with Gasteiger partial charge >= 0.3 is 0 Å². The highest BCUT2D eigenvalue weighted by Crippen LogP contribution is 2.40. The SMILES string of the molecule is CC1CC1N1Cc2cccc(N)c2C1. The van der Waals surface area contributed by atoms with E-state index in [4.69, 9.17) is 5.73 Å². The molecule has 14 heavy (non-hydrogen) atoms. The van der Waals surface area contributed by atoms with Crippen molar-refractivity contribution in [2.24, 2.45) is 5.92 Å². The topological polar surface area (TPSA) is 29.3 Å². The molecule has 1 fully saturated rings. The highest BCUT2D eigenvalue weighted by atomic mass is 15.2. The number of hydrogen-bond acceptors (Lipinski definition) is 2. The number of anilines is 1. The van der Waals surface area contributed by atoms with E-state index >= 15 is 0 Å². The first-order valence-corrected chi connectivity index (χ1v) is 5.36. The zero-order valence-corrected chi connectivity index (χ0v) is 8.53. The zero-order chi connectivity index (χ0) is 9.71. The van der Waals surface area contributed by atoms with Crippen molar-refractivity contribution in [2.75, 3.05) is 5.73 Å². The maximum absolute atomic E-state index is 5.96. The minimum atomic E-state index is 0.821. The Hall–Kier alpha value is -1.02. The first-order valence-electron chi connectivity index (χ1n) is 5.36. The van der Waals surface area contributed by atoms with Gasteiger partial charge in [0.15, 0.2) is 0 Å². The average molecular weight is 188 g/mol. The summed E-state index contributed by atoms with van der Waals surface area (Å²) in [4.78, 5) is 2.56. The Morgan fingerprint density at radius 3 is 2.79 bits per heavy atom. The molecule has 1 aromatic carbocycles. The minimum absolute atomic E-state index is 0.821. The van der Waals surface area contributed by atoms with Gasteiger partial charge in [-0.3, -0.25) is 4.90 Å². The highest BCUT2D eigenvalue weighted by Gasteiger charge is 2.40. The lowest BCUT2D eigenvalue weighted by Crippen LogP contribution is -2.20. The van der Waals surface area contributed by atoms with Crippen LogP contribution in [0.4, 0.5) is 5.69 Å². The monoisotopic (exact) mass is 188 g/mol. The number of rotatable bonds is 1. The van der Waals surface area contributed by atoms with Crippen molar-refractivity contribution in [3.8, 4) is 0 Å². The molecule has 74 valence electrons. The largest absolute Gasteiger partial charge is 0.398 e. The number of nitrogens with zero attached hydrogens (tertiary/aromatic N) is 1. The molecule has 0 aromatic heterocycles. The van der Waals surface area contributed by atoms with Crippen LogP contribution in [0.15, 0.2) is 18.2 Å². The third-order valence-corrected chi connectivity index (χ3v) is 3.58. The molecule has 2 N–H and O–H groups in total. The maximum atomic E-state index is 5.96. The van der Waals surface area contributed by atoms with Crippen LogP contribution in [0.3, 0.4) is 0 Å². The van der Waals surface area contributed by atoms with Crippen molar-refractivity contribution in [3.05, 3.63) is 29.3 Å². The van der Waals surface area contributed by atoms with Crippen molar-refractivity contribution in [1.29, 1.82) is 0 Å². The quantitative estimate of drug-likeness (QED) is 0.683. The van der Waals surface area contributed by atoms with E-state index in [1.807, 2.05) is 6.07 Å². The second kappa shape index (κ2) is 2.74. The molecule has 0 amide bonds.